The molecule has 0 aliphatic heterocycles. The van der Waals surface area contributed by atoms with Crippen molar-refractivity contribution in [2.24, 2.45) is 0 Å². The Kier molecular flexibility index (Phi) is 2.92. The average Bonchev–Trinajstić information content (AvgIpc) is 2.68. The molecule has 0 aliphatic carbocycles. The molecule has 1 aromatic heterocycles. The lowest BCUT2D eigenvalue weighted by molar-refractivity contribution is 0.626. The van der Waals surface area contributed by atoms with Crippen LogP contribution in [0.5, 0.6) is 0 Å². The summed E-state index contributed by atoms with van der Waals surface area (Å²) in [7, 11) is 0. The van der Waals surface area contributed by atoms with Crippen LogP contribution >= 0.6 is 23.8 Å². The second-order valence-corrected chi connectivity index (χ2v) is 5.18. The van der Waals surface area contributed by atoms with E-state index < -0.39 is 0 Å². The lowest BCUT2D eigenvalue weighted by Gasteiger charge is -2.07. The van der Waals surface area contributed by atoms with E-state index in [1.165, 1.54) is 18.2 Å². The fraction of sp³-hybridized carbons (Fsp3) is 0.0714. The molecule has 3 aromatic rings. The number of aryl methyl sites for hydroxylation is 1. The molecular weight excluding hydrogens is 283 g/mol. The van der Waals surface area contributed by atoms with Crippen LogP contribution in [0.15, 0.2) is 36.4 Å². The molecule has 0 radical (unpaired) electrons. The van der Waals surface area contributed by atoms with Gasteiger partial charge in [-0.25, -0.2) is 4.39 Å². The molecule has 19 heavy (non-hydrogen) atoms. The summed E-state index contributed by atoms with van der Waals surface area (Å²) in [5.41, 5.74) is 3.43. The maximum atomic E-state index is 13.4. The van der Waals surface area contributed by atoms with E-state index in [4.69, 9.17) is 23.8 Å². The first-order valence-electron chi connectivity index (χ1n) is 5.73. The summed E-state index contributed by atoms with van der Waals surface area (Å²) in [5, 5.41) is 0.458. The summed E-state index contributed by atoms with van der Waals surface area (Å²) in [4.78, 5) is 3.10. The highest BCUT2D eigenvalue weighted by Gasteiger charge is 2.10. The minimum Gasteiger partial charge on any atom is -0.330 e. The second kappa shape index (κ2) is 4.47. The van der Waals surface area contributed by atoms with Crippen molar-refractivity contribution in [3.05, 3.63) is 57.6 Å². The van der Waals surface area contributed by atoms with Crippen LogP contribution in [-0.4, -0.2) is 9.55 Å². The predicted octanol–water partition coefficient (Wildman–Crippen LogP) is 4.79. The van der Waals surface area contributed by atoms with Crippen LogP contribution in [0.2, 0.25) is 5.02 Å². The number of fused-ring (bicyclic) bond motifs is 1. The molecule has 0 fully saturated rings. The van der Waals surface area contributed by atoms with Gasteiger partial charge in [0.15, 0.2) is 4.77 Å². The quantitative estimate of drug-likeness (QED) is 0.640. The maximum Gasteiger partial charge on any atom is 0.182 e. The van der Waals surface area contributed by atoms with E-state index in [0.717, 1.165) is 16.6 Å². The summed E-state index contributed by atoms with van der Waals surface area (Å²) in [6.45, 7) is 1.99. The summed E-state index contributed by atoms with van der Waals surface area (Å²) >= 11 is 11.5. The number of nitrogens with zero attached hydrogens (tertiary/aromatic N) is 1. The van der Waals surface area contributed by atoms with Crippen LogP contribution in [0.25, 0.3) is 16.7 Å². The third-order valence-corrected chi connectivity index (χ3v) is 3.59. The number of imidazole rings is 1. The molecule has 2 aromatic carbocycles. The van der Waals surface area contributed by atoms with E-state index in [1.807, 2.05) is 25.1 Å². The maximum absolute atomic E-state index is 13.4. The average molecular weight is 293 g/mol. The Morgan fingerprint density at radius 2 is 2.00 bits per heavy atom. The molecule has 0 saturated heterocycles. The van der Waals surface area contributed by atoms with Gasteiger partial charge in [0.05, 0.1) is 21.7 Å². The van der Waals surface area contributed by atoms with Gasteiger partial charge in [-0.05, 0) is 55.0 Å². The molecule has 0 aliphatic rings. The van der Waals surface area contributed by atoms with Crippen molar-refractivity contribution >= 4 is 34.9 Å². The lowest BCUT2D eigenvalue weighted by atomic mass is 10.2. The first kappa shape index (κ1) is 12.4. The number of halogens is 2. The van der Waals surface area contributed by atoms with Gasteiger partial charge >= 0.3 is 0 Å². The summed E-state index contributed by atoms with van der Waals surface area (Å²) < 4.78 is 15.7. The van der Waals surface area contributed by atoms with E-state index in [2.05, 4.69) is 4.98 Å². The predicted molar refractivity (Wildman–Crippen MR) is 78.2 cm³/mol. The molecule has 0 unspecified atom stereocenters. The molecule has 0 atom stereocenters. The van der Waals surface area contributed by atoms with Gasteiger partial charge in [0.2, 0.25) is 0 Å². The number of aromatic nitrogens is 2. The number of rotatable bonds is 1. The Morgan fingerprint density at radius 1 is 1.21 bits per heavy atom. The first-order chi connectivity index (χ1) is 9.06. The van der Waals surface area contributed by atoms with Crippen molar-refractivity contribution in [3.63, 3.8) is 0 Å². The summed E-state index contributed by atoms with van der Waals surface area (Å²) in [6, 6.07) is 10.2. The topological polar surface area (TPSA) is 20.7 Å². The number of aromatic amines is 1. The molecule has 1 N–H and O–H groups in total. The van der Waals surface area contributed by atoms with E-state index >= 15 is 0 Å². The van der Waals surface area contributed by atoms with Crippen molar-refractivity contribution in [2.75, 3.05) is 0 Å². The van der Waals surface area contributed by atoms with Crippen molar-refractivity contribution in [1.82, 2.24) is 9.55 Å². The molecule has 96 valence electrons. The highest BCUT2D eigenvalue weighted by molar-refractivity contribution is 7.71. The van der Waals surface area contributed by atoms with Gasteiger partial charge in [-0.1, -0.05) is 17.7 Å². The molecular formula is C14H10ClFN2S. The van der Waals surface area contributed by atoms with Gasteiger partial charge in [-0.3, -0.25) is 4.57 Å². The van der Waals surface area contributed by atoms with Crippen LogP contribution in [0.3, 0.4) is 0 Å². The third-order valence-electron chi connectivity index (χ3n) is 2.99. The Morgan fingerprint density at radius 3 is 2.79 bits per heavy atom. The second-order valence-electron chi connectivity index (χ2n) is 4.38. The number of hydrogen-bond donors (Lipinski definition) is 1. The molecule has 0 saturated carbocycles. The highest BCUT2D eigenvalue weighted by atomic mass is 35.5. The van der Waals surface area contributed by atoms with E-state index in [0.29, 0.717) is 15.5 Å². The number of H-pyrrole nitrogens is 1. The SMILES string of the molecule is Cc1ccc2[nH]c(=S)n(-c3cc(F)ccc3Cl)c2c1. The van der Waals surface area contributed by atoms with Crippen LogP contribution in [-0.2, 0) is 0 Å². The van der Waals surface area contributed by atoms with Crippen molar-refractivity contribution in [3.8, 4) is 5.69 Å². The van der Waals surface area contributed by atoms with Gasteiger partial charge in [0.1, 0.15) is 5.82 Å². The lowest BCUT2D eigenvalue weighted by Crippen LogP contribution is -1.96. The van der Waals surface area contributed by atoms with Crippen molar-refractivity contribution < 1.29 is 4.39 Å². The van der Waals surface area contributed by atoms with Crippen LogP contribution in [0, 0.1) is 17.5 Å². The first-order valence-corrected chi connectivity index (χ1v) is 6.52. The largest absolute Gasteiger partial charge is 0.330 e. The number of benzene rings is 2. The Labute approximate surface area is 119 Å². The molecule has 5 heteroatoms. The summed E-state index contributed by atoms with van der Waals surface area (Å²) in [5.74, 6) is -0.344. The van der Waals surface area contributed by atoms with E-state index in [1.54, 1.807) is 4.57 Å². The standard InChI is InChI=1S/C14H10ClFN2S/c1-8-2-5-11-13(6-8)18(14(19)17-11)12-7-9(16)3-4-10(12)15/h2-7H,1H3,(H,17,19). The van der Waals surface area contributed by atoms with Crippen LogP contribution in [0.4, 0.5) is 4.39 Å². The van der Waals surface area contributed by atoms with Crippen molar-refractivity contribution in [1.29, 1.82) is 0 Å². The van der Waals surface area contributed by atoms with Gasteiger partial charge in [-0.15, -0.1) is 0 Å². The minimum atomic E-state index is -0.344. The van der Waals surface area contributed by atoms with Gasteiger partial charge in [0, 0.05) is 0 Å². The summed E-state index contributed by atoms with van der Waals surface area (Å²) in [6.07, 6.45) is 0. The zero-order valence-electron chi connectivity index (χ0n) is 10.1. The molecule has 3 rings (SSSR count). The fourth-order valence-corrected chi connectivity index (χ4v) is 2.62. The van der Waals surface area contributed by atoms with Gasteiger partial charge in [-0.2, -0.15) is 0 Å². The molecule has 0 amide bonds. The zero-order valence-corrected chi connectivity index (χ0v) is 11.6. The molecule has 2 nitrogen and oxygen atoms in total. The zero-order chi connectivity index (χ0) is 13.6. The van der Waals surface area contributed by atoms with Crippen molar-refractivity contribution in [2.45, 2.75) is 6.92 Å². The number of nitrogens with one attached hydrogen (secondary N) is 1. The van der Waals surface area contributed by atoms with Gasteiger partial charge < -0.3 is 4.98 Å². The minimum absolute atomic E-state index is 0.344. The normalized spacial score (nSPS) is 11.1. The van der Waals surface area contributed by atoms with E-state index in [9.17, 15) is 4.39 Å². The third kappa shape index (κ3) is 2.07. The van der Waals surface area contributed by atoms with E-state index in [-0.39, 0.29) is 5.82 Å². The fourth-order valence-electron chi connectivity index (χ4n) is 2.11. The highest BCUT2D eigenvalue weighted by Crippen LogP contribution is 2.26. The van der Waals surface area contributed by atoms with Crippen LogP contribution in [0.1, 0.15) is 5.56 Å². The molecule has 0 spiro atoms. The molecule has 1 heterocycles. The Bertz CT molecular complexity index is 835. The Balaban J connectivity index is 2.42. The Hall–Kier alpha value is -1.65. The van der Waals surface area contributed by atoms with Gasteiger partial charge in [0.25, 0.3) is 0 Å². The number of hydrogen-bond acceptors (Lipinski definition) is 1. The smallest absolute Gasteiger partial charge is 0.182 e. The monoisotopic (exact) mass is 292 g/mol. The molecule has 0 bridgehead atoms. The van der Waals surface area contributed by atoms with Crippen LogP contribution < -0.4 is 0 Å².